The van der Waals surface area contributed by atoms with E-state index in [-0.39, 0.29) is 19.6 Å². The first-order valence-corrected chi connectivity index (χ1v) is 7.43. The van der Waals surface area contributed by atoms with Crippen LogP contribution in [0.5, 0.6) is 0 Å². The number of benzene rings is 1. The van der Waals surface area contributed by atoms with Crippen molar-refractivity contribution in [1.29, 1.82) is 0 Å². The highest BCUT2D eigenvalue weighted by atomic mass is 79.9. The van der Waals surface area contributed by atoms with Crippen molar-refractivity contribution >= 4 is 39.5 Å². The number of ether oxygens (including phenoxy) is 2. The van der Waals surface area contributed by atoms with E-state index in [0.29, 0.717) is 5.02 Å². The second-order valence-corrected chi connectivity index (χ2v) is 5.29. The van der Waals surface area contributed by atoms with Crippen LogP contribution in [-0.4, -0.2) is 25.2 Å². The summed E-state index contributed by atoms with van der Waals surface area (Å²) in [4.78, 5) is 23.8. The van der Waals surface area contributed by atoms with E-state index in [1.165, 1.54) is 0 Å². The molecule has 0 heterocycles. The standard InChI is InChI=1S/C14H16BrClO4/c1-3-19-13(17)11(14(18)20-4-2)8-9-7-10(16)5-6-12(9)15/h5-7,11H,3-4,8H2,1-2H3. The van der Waals surface area contributed by atoms with Gasteiger partial charge < -0.3 is 9.47 Å². The number of carbonyl (C=O) groups excluding carboxylic acids is 2. The zero-order chi connectivity index (χ0) is 15.1. The summed E-state index contributed by atoms with van der Waals surface area (Å²) in [6.45, 7) is 3.81. The highest BCUT2D eigenvalue weighted by Gasteiger charge is 2.30. The van der Waals surface area contributed by atoms with Crippen molar-refractivity contribution in [1.82, 2.24) is 0 Å². The summed E-state index contributed by atoms with van der Waals surface area (Å²) >= 11 is 9.30. The Bertz CT molecular complexity index is 472. The van der Waals surface area contributed by atoms with Crippen molar-refractivity contribution in [3.05, 3.63) is 33.3 Å². The van der Waals surface area contributed by atoms with Gasteiger partial charge in [0.2, 0.25) is 0 Å². The van der Waals surface area contributed by atoms with Gasteiger partial charge in [-0.3, -0.25) is 9.59 Å². The van der Waals surface area contributed by atoms with Gasteiger partial charge in [0.15, 0.2) is 5.92 Å². The minimum Gasteiger partial charge on any atom is -0.465 e. The molecule has 0 radical (unpaired) electrons. The molecule has 0 saturated heterocycles. The maximum atomic E-state index is 11.9. The number of halogens is 2. The van der Waals surface area contributed by atoms with Crippen molar-refractivity contribution in [2.45, 2.75) is 20.3 Å². The van der Waals surface area contributed by atoms with Crippen molar-refractivity contribution in [3.8, 4) is 0 Å². The second kappa shape index (κ2) is 8.27. The van der Waals surface area contributed by atoms with Gasteiger partial charge in [-0.1, -0.05) is 27.5 Å². The molecule has 0 amide bonds. The number of rotatable bonds is 6. The average molecular weight is 364 g/mol. The van der Waals surface area contributed by atoms with E-state index in [4.69, 9.17) is 21.1 Å². The monoisotopic (exact) mass is 362 g/mol. The third-order valence-electron chi connectivity index (χ3n) is 2.57. The Morgan fingerprint density at radius 2 is 1.75 bits per heavy atom. The lowest BCUT2D eigenvalue weighted by Crippen LogP contribution is -2.30. The molecule has 110 valence electrons. The van der Waals surface area contributed by atoms with Gasteiger partial charge in [-0.25, -0.2) is 0 Å². The summed E-state index contributed by atoms with van der Waals surface area (Å²) < 4.78 is 10.6. The van der Waals surface area contributed by atoms with Crippen LogP contribution in [0, 0.1) is 5.92 Å². The van der Waals surface area contributed by atoms with Crippen LogP contribution in [0.1, 0.15) is 19.4 Å². The van der Waals surface area contributed by atoms with Crippen LogP contribution in [0.25, 0.3) is 0 Å². The smallest absolute Gasteiger partial charge is 0.320 e. The van der Waals surface area contributed by atoms with Gasteiger partial charge in [0.05, 0.1) is 13.2 Å². The predicted octanol–water partition coefficient (Wildman–Crippen LogP) is 3.39. The number of carbonyl (C=O) groups is 2. The molecular weight excluding hydrogens is 348 g/mol. The molecule has 0 spiro atoms. The molecule has 0 unspecified atom stereocenters. The van der Waals surface area contributed by atoms with Crippen LogP contribution in [0.15, 0.2) is 22.7 Å². The highest BCUT2D eigenvalue weighted by Crippen LogP contribution is 2.24. The molecule has 0 fully saturated rings. The molecule has 0 aromatic heterocycles. The van der Waals surface area contributed by atoms with Gasteiger partial charge in [-0.2, -0.15) is 0 Å². The zero-order valence-corrected chi connectivity index (χ0v) is 13.7. The van der Waals surface area contributed by atoms with Crippen LogP contribution in [0.3, 0.4) is 0 Å². The third kappa shape index (κ3) is 4.80. The molecule has 0 N–H and O–H groups in total. The summed E-state index contributed by atoms with van der Waals surface area (Å²) in [6, 6.07) is 5.20. The average Bonchev–Trinajstić information content (AvgIpc) is 2.40. The zero-order valence-electron chi connectivity index (χ0n) is 11.3. The summed E-state index contributed by atoms with van der Waals surface area (Å²) in [5.41, 5.74) is 0.753. The molecule has 0 bridgehead atoms. The van der Waals surface area contributed by atoms with Gasteiger partial charge in [-0.05, 0) is 44.0 Å². The Labute approximate surface area is 131 Å². The van der Waals surface area contributed by atoms with E-state index in [9.17, 15) is 9.59 Å². The van der Waals surface area contributed by atoms with Crippen LogP contribution in [-0.2, 0) is 25.5 Å². The normalized spacial score (nSPS) is 10.4. The predicted molar refractivity (Wildman–Crippen MR) is 79.6 cm³/mol. The summed E-state index contributed by atoms with van der Waals surface area (Å²) in [6.07, 6.45) is 0.179. The van der Waals surface area contributed by atoms with Crippen LogP contribution in [0.2, 0.25) is 5.02 Å². The molecule has 0 saturated carbocycles. The molecule has 0 atom stereocenters. The fraction of sp³-hybridized carbons (Fsp3) is 0.429. The lowest BCUT2D eigenvalue weighted by atomic mass is 9.99. The first-order valence-electron chi connectivity index (χ1n) is 6.26. The maximum Gasteiger partial charge on any atom is 0.320 e. The first kappa shape index (κ1) is 17.0. The minimum absolute atomic E-state index is 0.179. The molecule has 6 heteroatoms. The molecule has 1 aromatic rings. The summed E-state index contributed by atoms with van der Waals surface area (Å²) in [7, 11) is 0. The molecule has 1 aromatic carbocycles. The minimum atomic E-state index is -0.982. The van der Waals surface area contributed by atoms with E-state index in [2.05, 4.69) is 15.9 Å². The SMILES string of the molecule is CCOC(=O)C(Cc1cc(Cl)ccc1Br)C(=O)OCC. The fourth-order valence-corrected chi connectivity index (χ4v) is 2.27. The van der Waals surface area contributed by atoms with Gasteiger partial charge in [0.25, 0.3) is 0 Å². The molecule has 0 aliphatic heterocycles. The van der Waals surface area contributed by atoms with E-state index in [0.717, 1.165) is 10.0 Å². The van der Waals surface area contributed by atoms with Crippen LogP contribution in [0.4, 0.5) is 0 Å². The first-order chi connectivity index (χ1) is 9.49. The third-order valence-corrected chi connectivity index (χ3v) is 3.58. The molecule has 4 nitrogen and oxygen atoms in total. The van der Waals surface area contributed by atoms with Crippen LogP contribution < -0.4 is 0 Å². The lowest BCUT2D eigenvalue weighted by molar-refractivity contribution is -0.161. The quantitative estimate of drug-likeness (QED) is 0.574. The van der Waals surface area contributed by atoms with Gasteiger partial charge >= 0.3 is 11.9 Å². The van der Waals surface area contributed by atoms with Crippen molar-refractivity contribution < 1.29 is 19.1 Å². The summed E-state index contributed by atoms with van der Waals surface area (Å²) in [5.74, 6) is -2.15. The molecule has 1 rings (SSSR count). The molecule has 0 aliphatic carbocycles. The van der Waals surface area contributed by atoms with Crippen molar-refractivity contribution in [2.75, 3.05) is 13.2 Å². The summed E-state index contributed by atoms with van der Waals surface area (Å²) in [5, 5.41) is 0.537. The fourth-order valence-electron chi connectivity index (χ4n) is 1.67. The van der Waals surface area contributed by atoms with E-state index < -0.39 is 17.9 Å². The second-order valence-electron chi connectivity index (χ2n) is 4.00. The van der Waals surface area contributed by atoms with E-state index in [1.807, 2.05) is 0 Å². The number of hydrogen-bond donors (Lipinski definition) is 0. The Morgan fingerprint density at radius 3 is 2.25 bits per heavy atom. The topological polar surface area (TPSA) is 52.6 Å². The van der Waals surface area contributed by atoms with Gasteiger partial charge in [-0.15, -0.1) is 0 Å². The van der Waals surface area contributed by atoms with E-state index in [1.54, 1.807) is 32.0 Å². The highest BCUT2D eigenvalue weighted by molar-refractivity contribution is 9.10. The molecule has 0 aliphatic rings. The number of esters is 2. The largest absolute Gasteiger partial charge is 0.465 e. The number of hydrogen-bond acceptors (Lipinski definition) is 4. The van der Waals surface area contributed by atoms with Crippen molar-refractivity contribution in [3.63, 3.8) is 0 Å². The lowest BCUT2D eigenvalue weighted by Gasteiger charge is -2.15. The Kier molecular flexibility index (Phi) is 7.02. The molecule has 20 heavy (non-hydrogen) atoms. The van der Waals surface area contributed by atoms with E-state index >= 15 is 0 Å². The van der Waals surface area contributed by atoms with Crippen LogP contribution >= 0.6 is 27.5 Å². The molecular formula is C14H16BrClO4. The Hall–Kier alpha value is -1.07. The van der Waals surface area contributed by atoms with Gasteiger partial charge in [0, 0.05) is 9.50 Å². The Morgan fingerprint density at radius 1 is 1.20 bits per heavy atom. The Balaban J connectivity index is 2.96. The van der Waals surface area contributed by atoms with Gasteiger partial charge in [0.1, 0.15) is 0 Å². The maximum absolute atomic E-state index is 11.9. The van der Waals surface area contributed by atoms with Crippen molar-refractivity contribution in [2.24, 2.45) is 5.92 Å².